The summed E-state index contributed by atoms with van der Waals surface area (Å²) in [5, 5.41) is 0. The third-order valence-electron chi connectivity index (χ3n) is 3.53. The number of rotatable bonds is 4. The van der Waals surface area contributed by atoms with Crippen molar-refractivity contribution in [2.75, 3.05) is 0 Å². The van der Waals surface area contributed by atoms with Crippen LogP contribution in [-0.2, 0) is 5.41 Å². The molecule has 0 unspecified atom stereocenters. The van der Waals surface area contributed by atoms with Crippen LogP contribution in [0.4, 0.5) is 0 Å². The Morgan fingerprint density at radius 3 is 1.85 bits per heavy atom. The Bertz CT molecular complexity index is 592. The van der Waals surface area contributed by atoms with E-state index >= 15 is 0 Å². The van der Waals surface area contributed by atoms with E-state index < -0.39 is 0 Å². The predicted molar refractivity (Wildman–Crippen MR) is 95.0 cm³/mol. The van der Waals surface area contributed by atoms with Crippen LogP contribution >= 0.6 is 31.9 Å². The van der Waals surface area contributed by atoms with Crippen molar-refractivity contribution in [3.8, 4) is 0 Å². The molecule has 0 saturated heterocycles. The number of hydrogen-bond acceptors (Lipinski definition) is 0. The highest BCUT2D eigenvalue weighted by atomic mass is 79.9. The lowest BCUT2D eigenvalue weighted by Gasteiger charge is -2.26. The molecule has 0 aromatic heterocycles. The molecule has 2 heteroatoms. The smallest absolute Gasteiger partial charge is 0.0175 e. The van der Waals surface area contributed by atoms with Gasteiger partial charge in [0.1, 0.15) is 0 Å². The molecule has 0 saturated carbocycles. The Labute approximate surface area is 138 Å². The molecule has 0 heterocycles. The fourth-order valence-electron chi connectivity index (χ4n) is 2.32. The Kier molecular flexibility index (Phi) is 4.87. The molecule has 0 amide bonds. The molecule has 2 aromatic carbocycles. The fraction of sp³-hybridized carbons (Fsp3) is 0.222. The van der Waals surface area contributed by atoms with Gasteiger partial charge in [-0.15, -0.1) is 0 Å². The van der Waals surface area contributed by atoms with Gasteiger partial charge in [-0.05, 0) is 52.8 Å². The minimum atomic E-state index is 0.0743. The largest absolute Gasteiger partial charge is 0.0952 e. The van der Waals surface area contributed by atoms with Crippen LogP contribution in [0.1, 0.15) is 31.4 Å². The molecule has 104 valence electrons. The summed E-state index contributed by atoms with van der Waals surface area (Å²) in [6.07, 6.45) is 0.941. The molecule has 0 nitrogen and oxygen atoms in total. The summed E-state index contributed by atoms with van der Waals surface area (Å²) in [6, 6.07) is 16.9. The topological polar surface area (TPSA) is 0 Å². The quantitative estimate of drug-likeness (QED) is 0.549. The average Bonchev–Trinajstić information content (AvgIpc) is 2.39. The van der Waals surface area contributed by atoms with Crippen LogP contribution in [0.2, 0.25) is 0 Å². The van der Waals surface area contributed by atoms with Crippen LogP contribution in [0.15, 0.2) is 64.1 Å². The van der Waals surface area contributed by atoms with Crippen molar-refractivity contribution in [2.24, 2.45) is 0 Å². The van der Waals surface area contributed by atoms with Crippen LogP contribution in [0.25, 0.3) is 5.57 Å². The molecule has 0 spiro atoms. The molecule has 0 bridgehead atoms. The van der Waals surface area contributed by atoms with E-state index in [1.165, 1.54) is 16.7 Å². The predicted octanol–water partition coefficient (Wildman–Crippen LogP) is 6.59. The zero-order chi connectivity index (χ0) is 14.8. The first-order valence-electron chi connectivity index (χ1n) is 6.58. The molecular formula is C18H18Br2. The molecule has 0 aliphatic rings. The van der Waals surface area contributed by atoms with E-state index in [1.807, 2.05) is 0 Å². The van der Waals surface area contributed by atoms with Crippen molar-refractivity contribution in [2.45, 2.75) is 25.7 Å². The third-order valence-corrected chi connectivity index (χ3v) is 4.59. The van der Waals surface area contributed by atoms with Gasteiger partial charge in [-0.25, -0.2) is 0 Å². The lowest BCUT2D eigenvalue weighted by atomic mass is 9.78. The van der Waals surface area contributed by atoms with Crippen molar-refractivity contribution in [3.05, 3.63) is 75.2 Å². The summed E-state index contributed by atoms with van der Waals surface area (Å²) < 4.78 is 2.21. The van der Waals surface area contributed by atoms with Gasteiger partial charge in [0.05, 0.1) is 0 Å². The Hall–Kier alpha value is -0.860. The second kappa shape index (κ2) is 6.28. The van der Waals surface area contributed by atoms with Gasteiger partial charge >= 0.3 is 0 Å². The van der Waals surface area contributed by atoms with Gasteiger partial charge in [0.25, 0.3) is 0 Å². The monoisotopic (exact) mass is 392 g/mol. The Morgan fingerprint density at radius 2 is 1.35 bits per heavy atom. The maximum absolute atomic E-state index is 4.26. The Morgan fingerprint density at radius 1 is 0.900 bits per heavy atom. The van der Waals surface area contributed by atoms with Crippen LogP contribution in [0, 0.1) is 0 Å². The summed E-state index contributed by atoms with van der Waals surface area (Å²) in [5.41, 5.74) is 3.79. The molecule has 0 aliphatic heterocycles. The Balaban J connectivity index is 2.17. The summed E-state index contributed by atoms with van der Waals surface area (Å²) in [5.74, 6) is 0. The van der Waals surface area contributed by atoms with E-state index in [1.54, 1.807) is 0 Å². The summed E-state index contributed by atoms with van der Waals surface area (Å²) in [6.45, 7) is 8.79. The lowest BCUT2D eigenvalue weighted by Crippen LogP contribution is -2.17. The van der Waals surface area contributed by atoms with Crippen molar-refractivity contribution >= 4 is 37.4 Å². The molecule has 20 heavy (non-hydrogen) atoms. The molecule has 0 fully saturated rings. The zero-order valence-electron chi connectivity index (χ0n) is 11.8. The number of hydrogen-bond donors (Lipinski definition) is 0. The second-order valence-corrected chi connectivity index (χ2v) is 7.51. The minimum absolute atomic E-state index is 0.0743. The van der Waals surface area contributed by atoms with Gasteiger partial charge < -0.3 is 0 Å². The summed E-state index contributed by atoms with van der Waals surface area (Å²) in [7, 11) is 0. The highest BCUT2D eigenvalue weighted by Gasteiger charge is 2.22. The van der Waals surface area contributed by atoms with E-state index in [-0.39, 0.29) is 5.41 Å². The lowest BCUT2D eigenvalue weighted by molar-refractivity contribution is 0.542. The fourth-order valence-corrected chi connectivity index (χ4v) is 2.85. The first-order chi connectivity index (χ1) is 9.38. The van der Waals surface area contributed by atoms with E-state index in [4.69, 9.17) is 0 Å². The van der Waals surface area contributed by atoms with Gasteiger partial charge in [-0.2, -0.15) is 0 Å². The average molecular weight is 394 g/mol. The van der Waals surface area contributed by atoms with Gasteiger partial charge in [-0.3, -0.25) is 0 Å². The second-order valence-electron chi connectivity index (χ2n) is 5.68. The minimum Gasteiger partial charge on any atom is -0.0952 e. The van der Waals surface area contributed by atoms with Gasteiger partial charge in [0.2, 0.25) is 0 Å². The normalized spacial score (nSPS) is 11.4. The maximum atomic E-state index is 4.26. The molecule has 0 radical (unpaired) electrons. The molecular weight excluding hydrogens is 376 g/mol. The number of benzene rings is 2. The standard InChI is InChI=1S/C18H18Br2/c1-13(14-4-8-16(19)9-5-14)12-18(2,3)15-6-10-17(20)11-7-15/h4-11H,1,12H2,2-3H3. The number of halogens is 2. The first kappa shape index (κ1) is 15.5. The zero-order valence-corrected chi connectivity index (χ0v) is 15.0. The third kappa shape index (κ3) is 3.83. The molecule has 2 rings (SSSR count). The molecule has 0 atom stereocenters. The van der Waals surface area contributed by atoms with Gasteiger partial charge in [0.15, 0.2) is 0 Å². The van der Waals surface area contributed by atoms with Crippen LogP contribution < -0.4 is 0 Å². The van der Waals surface area contributed by atoms with Crippen LogP contribution in [-0.4, -0.2) is 0 Å². The maximum Gasteiger partial charge on any atom is 0.0175 e. The molecule has 0 N–H and O–H groups in total. The van der Waals surface area contributed by atoms with Gasteiger partial charge in [-0.1, -0.05) is 76.6 Å². The van der Waals surface area contributed by atoms with Crippen LogP contribution in [0.3, 0.4) is 0 Å². The molecule has 0 aliphatic carbocycles. The highest BCUT2D eigenvalue weighted by Crippen LogP contribution is 2.34. The highest BCUT2D eigenvalue weighted by molar-refractivity contribution is 9.10. The first-order valence-corrected chi connectivity index (χ1v) is 8.17. The van der Waals surface area contributed by atoms with Crippen molar-refractivity contribution in [1.29, 1.82) is 0 Å². The van der Waals surface area contributed by atoms with E-state index in [0.29, 0.717) is 0 Å². The summed E-state index contributed by atoms with van der Waals surface area (Å²) in [4.78, 5) is 0. The van der Waals surface area contributed by atoms with Crippen molar-refractivity contribution < 1.29 is 0 Å². The van der Waals surface area contributed by atoms with Crippen LogP contribution in [0.5, 0.6) is 0 Å². The SMILES string of the molecule is C=C(CC(C)(C)c1ccc(Br)cc1)c1ccc(Br)cc1. The molecule has 2 aromatic rings. The van der Waals surface area contributed by atoms with E-state index in [2.05, 4.69) is 101 Å². The van der Waals surface area contributed by atoms with E-state index in [9.17, 15) is 0 Å². The number of allylic oxidation sites excluding steroid dienone is 1. The summed E-state index contributed by atoms with van der Waals surface area (Å²) >= 11 is 6.95. The van der Waals surface area contributed by atoms with Gasteiger partial charge in [0, 0.05) is 8.95 Å². The van der Waals surface area contributed by atoms with Crippen molar-refractivity contribution in [3.63, 3.8) is 0 Å². The van der Waals surface area contributed by atoms with E-state index in [0.717, 1.165) is 15.4 Å². The van der Waals surface area contributed by atoms with Crippen molar-refractivity contribution in [1.82, 2.24) is 0 Å².